The first-order valence-corrected chi connectivity index (χ1v) is 11.4. The maximum Gasteiger partial charge on any atom is 0.396 e. The number of aliphatic hydroxyl groups excluding tert-OH is 2. The van der Waals surface area contributed by atoms with E-state index in [-0.39, 0.29) is 6.42 Å². The average Bonchev–Trinajstić information content (AvgIpc) is 2.73. The highest BCUT2D eigenvalue weighted by atomic mass is 16.8. The van der Waals surface area contributed by atoms with Gasteiger partial charge in [-0.1, -0.05) is 84.0 Å². The van der Waals surface area contributed by atoms with Crippen LogP contribution in [0.3, 0.4) is 0 Å². The van der Waals surface area contributed by atoms with Gasteiger partial charge in [-0.05, 0) is 6.42 Å². The van der Waals surface area contributed by atoms with Crippen molar-refractivity contribution < 1.29 is 38.8 Å². The third-order valence-electron chi connectivity index (χ3n) is 5.23. The van der Waals surface area contributed by atoms with Crippen LogP contribution < -0.4 is 0 Å². The SMILES string of the molecule is CCCCCCCCCCCCCCCC(=O)OC1(CO)OC(=O)C(CO)OC1=O. The van der Waals surface area contributed by atoms with Crippen LogP contribution in [0.25, 0.3) is 0 Å². The van der Waals surface area contributed by atoms with E-state index in [1.807, 2.05) is 0 Å². The van der Waals surface area contributed by atoms with Gasteiger partial charge in [-0.25, -0.2) is 9.59 Å². The van der Waals surface area contributed by atoms with E-state index in [0.717, 1.165) is 19.3 Å². The van der Waals surface area contributed by atoms with Crippen molar-refractivity contribution in [1.29, 1.82) is 0 Å². The first-order valence-electron chi connectivity index (χ1n) is 11.4. The molecule has 1 saturated heterocycles. The first-order chi connectivity index (χ1) is 14.5. The van der Waals surface area contributed by atoms with Gasteiger partial charge in [-0.2, -0.15) is 0 Å². The number of aliphatic hydroxyl groups is 2. The van der Waals surface area contributed by atoms with Crippen molar-refractivity contribution in [3.63, 3.8) is 0 Å². The summed E-state index contributed by atoms with van der Waals surface area (Å²) in [6.45, 7) is 0.435. The van der Waals surface area contributed by atoms with E-state index in [9.17, 15) is 19.5 Å². The third kappa shape index (κ3) is 9.43. The summed E-state index contributed by atoms with van der Waals surface area (Å²) in [5.41, 5.74) is 0. The van der Waals surface area contributed by atoms with Crippen molar-refractivity contribution in [2.45, 2.75) is 109 Å². The number of unbranched alkanes of at least 4 members (excludes halogenated alkanes) is 12. The number of carbonyl (C=O) groups is 3. The Balaban J connectivity index is 2.10. The Hall–Kier alpha value is -1.67. The van der Waals surface area contributed by atoms with Crippen molar-refractivity contribution in [2.75, 3.05) is 13.2 Å². The molecule has 174 valence electrons. The average molecular weight is 431 g/mol. The molecule has 0 saturated carbocycles. The predicted octanol–water partition coefficient (Wildman–Crippen LogP) is 3.16. The number of rotatable bonds is 17. The van der Waals surface area contributed by atoms with Crippen LogP contribution in [0.15, 0.2) is 0 Å². The van der Waals surface area contributed by atoms with Crippen LogP contribution in [0, 0.1) is 0 Å². The molecule has 0 aromatic carbocycles. The Morgan fingerprint density at radius 3 is 1.87 bits per heavy atom. The number of ether oxygens (including phenoxy) is 3. The maximum atomic E-state index is 12.0. The summed E-state index contributed by atoms with van der Waals surface area (Å²) in [5, 5.41) is 18.3. The van der Waals surface area contributed by atoms with E-state index in [0.29, 0.717) is 6.42 Å². The molecule has 1 rings (SSSR count). The summed E-state index contributed by atoms with van der Waals surface area (Å²) >= 11 is 0. The van der Waals surface area contributed by atoms with Crippen LogP contribution in [0.1, 0.15) is 96.8 Å². The van der Waals surface area contributed by atoms with Gasteiger partial charge >= 0.3 is 23.7 Å². The maximum absolute atomic E-state index is 12.0. The smallest absolute Gasteiger partial charge is 0.396 e. The van der Waals surface area contributed by atoms with Gasteiger partial charge in [-0.15, -0.1) is 0 Å². The van der Waals surface area contributed by atoms with Gasteiger partial charge < -0.3 is 24.4 Å². The van der Waals surface area contributed by atoms with Gasteiger partial charge in [0.05, 0.1) is 6.61 Å². The van der Waals surface area contributed by atoms with Crippen molar-refractivity contribution in [3.8, 4) is 0 Å². The zero-order chi connectivity index (χ0) is 22.2. The van der Waals surface area contributed by atoms with Gasteiger partial charge in [0.15, 0.2) is 0 Å². The molecule has 1 aliphatic heterocycles. The fourth-order valence-electron chi connectivity index (χ4n) is 3.36. The van der Waals surface area contributed by atoms with Crippen molar-refractivity contribution in [3.05, 3.63) is 0 Å². The number of hydrogen-bond donors (Lipinski definition) is 2. The highest BCUT2D eigenvalue weighted by molar-refractivity contribution is 5.91. The quantitative estimate of drug-likeness (QED) is 0.267. The van der Waals surface area contributed by atoms with Gasteiger partial charge in [0.1, 0.15) is 6.61 Å². The molecule has 0 spiro atoms. The first kappa shape index (κ1) is 26.4. The molecule has 1 heterocycles. The molecule has 0 aliphatic carbocycles. The molecular weight excluding hydrogens is 392 g/mol. The molecule has 0 radical (unpaired) electrons. The van der Waals surface area contributed by atoms with Crippen LogP contribution in [0.5, 0.6) is 0 Å². The molecule has 30 heavy (non-hydrogen) atoms. The second-order valence-electron chi connectivity index (χ2n) is 7.88. The molecule has 0 aromatic heterocycles. The molecule has 2 N–H and O–H groups in total. The molecule has 0 aromatic rings. The Morgan fingerprint density at radius 2 is 1.40 bits per heavy atom. The highest BCUT2D eigenvalue weighted by Crippen LogP contribution is 2.24. The summed E-state index contributed by atoms with van der Waals surface area (Å²) in [7, 11) is 0. The second kappa shape index (κ2) is 15.2. The van der Waals surface area contributed by atoms with Crippen LogP contribution >= 0.6 is 0 Å². The standard InChI is InChI=1S/C22H38O8/c1-2-3-4-5-6-7-8-9-10-11-12-13-14-15-19(25)29-22(17-24)21(27)28-18(16-23)20(26)30-22/h18,23-24H,2-17H2,1H3. The van der Waals surface area contributed by atoms with E-state index in [1.165, 1.54) is 57.8 Å². The highest BCUT2D eigenvalue weighted by Gasteiger charge is 2.54. The minimum Gasteiger partial charge on any atom is -0.442 e. The minimum absolute atomic E-state index is 0.0494. The molecule has 2 atom stereocenters. The summed E-state index contributed by atoms with van der Waals surface area (Å²) in [6, 6.07) is 0. The van der Waals surface area contributed by atoms with E-state index < -0.39 is 43.0 Å². The van der Waals surface area contributed by atoms with Crippen molar-refractivity contribution >= 4 is 17.9 Å². The Labute approximate surface area is 179 Å². The lowest BCUT2D eigenvalue weighted by Gasteiger charge is -2.34. The lowest BCUT2D eigenvalue weighted by Crippen LogP contribution is -2.59. The zero-order valence-corrected chi connectivity index (χ0v) is 18.2. The fraction of sp³-hybridized carbons (Fsp3) is 0.864. The van der Waals surface area contributed by atoms with E-state index in [4.69, 9.17) is 14.6 Å². The fourth-order valence-corrected chi connectivity index (χ4v) is 3.36. The normalized spacial score (nSPS) is 21.2. The number of cyclic esters (lactones) is 2. The number of carbonyl (C=O) groups excluding carboxylic acids is 3. The molecule has 8 nitrogen and oxygen atoms in total. The van der Waals surface area contributed by atoms with Crippen LogP contribution in [-0.2, 0) is 28.6 Å². The molecule has 1 fully saturated rings. The molecular formula is C22H38O8. The molecule has 8 heteroatoms. The van der Waals surface area contributed by atoms with Gasteiger partial charge in [0, 0.05) is 6.42 Å². The predicted molar refractivity (Wildman–Crippen MR) is 109 cm³/mol. The van der Waals surface area contributed by atoms with Crippen LogP contribution in [0.4, 0.5) is 0 Å². The largest absolute Gasteiger partial charge is 0.442 e. The van der Waals surface area contributed by atoms with Crippen LogP contribution in [0.2, 0.25) is 0 Å². The summed E-state index contributed by atoms with van der Waals surface area (Å²) in [6.07, 6.45) is 13.9. The van der Waals surface area contributed by atoms with Crippen LogP contribution in [-0.4, -0.2) is 53.2 Å². The van der Waals surface area contributed by atoms with E-state index >= 15 is 0 Å². The number of esters is 3. The topological polar surface area (TPSA) is 119 Å². The summed E-state index contributed by atoms with van der Waals surface area (Å²) in [4.78, 5) is 35.6. The van der Waals surface area contributed by atoms with Crippen molar-refractivity contribution in [2.24, 2.45) is 0 Å². The zero-order valence-electron chi connectivity index (χ0n) is 18.2. The molecule has 1 aliphatic rings. The Kier molecular flexibility index (Phi) is 13.3. The third-order valence-corrected chi connectivity index (χ3v) is 5.23. The Bertz CT molecular complexity index is 521. The number of hydrogen-bond acceptors (Lipinski definition) is 8. The summed E-state index contributed by atoms with van der Waals surface area (Å²) < 4.78 is 14.4. The molecule has 0 amide bonds. The van der Waals surface area contributed by atoms with Gasteiger partial charge in [0.25, 0.3) is 0 Å². The summed E-state index contributed by atoms with van der Waals surface area (Å²) in [5.74, 6) is -5.50. The molecule has 2 unspecified atom stereocenters. The second-order valence-corrected chi connectivity index (χ2v) is 7.88. The lowest BCUT2D eigenvalue weighted by molar-refractivity contribution is -0.271. The van der Waals surface area contributed by atoms with E-state index in [2.05, 4.69) is 11.7 Å². The monoisotopic (exact) mass is 430 g/mol. The molecule has 0 bridgehead atoms. The van der Waals surface area contributed by atoms with Gasteiger partial charge in [0.2, 0.25) is 6.10 Å². The lowest BCUT2D eigenvalue weighted by atomic mass is 10.0. The van der Waals surface area contributed by atoms with E-state index in [1.54, 1.807) is 0 Å². The minimum atomic E-state index is -2.48. The van der Waals surface area contributed by atoms with Gasteiger partial charge in [-0.3, -0.25) is 4.79 Å². The Morgan fingerprint density at radius 1 is 0.900 bits per heavy atom. The van der Waals surface area contributed by atoms with Crippen molar-refractivity contribution in [1.82, 2.24) is 0 Å².